The molecule has 2 heterocycles. The molecule has 1 amide bonds. The number of nitro groups is 1. The third-order valence-corrected chi connectivity index (χ3v) is 3.00. The van der Waals surface area contributed by atoms with Crippen LogP contribution in [0.15, 0.2) is 17.5 Å². The molecule has 0 saturated carbocycles. The molecule has 1 unspecified atom stereocenters. The van der Waals surface area contributed by atoms with E-state index in [1.807, 2.05) is 0 Å². The Balaban J connectivity index is 2.02. The lowest BCUT2D eigenvalue weighted by Gasteiger charge is -2.32. The van der Waals surface area contributed by atoms with Gasteiger partial charge in [0.2, 0.25) is 5.91 Å². The standard InChI is InChI=1S/C10H10F3N5O4/c11-10(12,13)9(20)2-3-14-17(9)8(19)1-4-16-6-7(5-15-16)18(21)22/h3,5-6,20H,1-2,4H2. The molecule has 0 bridgehead atoms. The zero-order valence-electron chi connectivity index (χ0n) is 10.9. The van der Waals surface area contributed by atoms with E-state index in [2.05, 4.69) is 10.2 Å². The van der Waals surface area contributed by atoms with E-state index in [4.69, 9.17) is 0 Å². The van der Waals surface area contributed by atoms with Gasteiger partial charge in [-0.25, -0.2) is 0 Å². The first-order valence-electron chi connectivity index (χ1n) is 5.96. The third-order valence-electron chi connectivity index (χ3n) is 3.00. The van der Waals surface area contributed by atoms with Crippen molar-refractivity contribution in [2.75, 3.05) is 0 Å². The van der Waals surface area contributed by atoms with Crippen molar-refractivity contribution in [2.45, 2.75) is 31.3 Å². The normalized spacial score (nSPS) is 21.4. The highest BCUT2D eigenvalue weighted by Gasteiger charge is 2.61. The maximum Gasteiger partial charge on any atom is 0.438 e. The molecule has 1 N–H and O–H groups in total. The van der Waals surface area contributed by atoms with Crippen molar-refractivity contribution in [3.8, 4) is 0 Å². The molecule has 12 heteroatoms. The average molecular weight is 321 g/mol. The van der Waals surface area contributed by atoms with Crippen LogP contribution in [0, 0.1) is 10.1 Å². The molecule has 22 heavy (non-hydrogen) atoms. The highest BCUT2D eigenvalue weighted by atomic mass is 19.4. The minimum absolute atomic E-state index is 0.0229. The Morgan fingerprint density at radius 1 is 1.55 bits per heavy atom. The zero-order valence-corrected chi connectivity index (χ0v) is 10.9. The second-order valence-corrected chi connectivity index (χ2v) is 4.49. The maximum atomic E-state index is 12.8. The summed E-state index contributed by atoms with van der Waals surface area (Å²) in [4.78, 5) is 21.6. The Morgan fingerprint density at radius 3 is 2.77 bits per heavy atom. The van der Waals surface area contributed by atoms with Crippen LogP contribution >= 0.6 is 0 Å². The Morgan fingerprint density at radius 2 is 2.23 bits per heavy atom. The van der Waals surface area contributed by atoms with Crippen molar-refractivity contribution in [3.05, 3.63) is 22.5 Å². The molecule has 0 aliphatic carbocycles. The molecule has 120 valence electrons. The summed E-state index contributed by atoms with van der Waals surface area (Å²) in [5.41, 5.74) is -3.67. The molecule has 0 radical (unpaired) electrons. The van der Waals surface area contributed by atoms with Gasteiger partial charge in [-0.3, -0.25) is 19.6 Å². The number of alkyl halides is 3. The highest BCUT2D eigenvalue weighted by Crippen LogP contribution is 2.38. The zero-order chi connectivity index (χ0) is 16.5. The lowest BCUT2D eigenvalue weighted by molar-refractivity contribution is -0.385. The molecule has 1 aliphatic heterocycles. The number of hydrogen-bond donors (Lipinski definition) is 1. The Labute approximate surface area is 120 Å². The topological polar surface area (TPSA) is 114 Å². The number of aryl methyl sites for hydroxylation is 1. The van der Waals surface area contributed by atoms with E-state index in [0.29, 0.717) is 0 Å². The third kappa shape index (κ3) is 2.77. The van der Waals surface area contributed by atoms with E-state index in [9.17, 15) is 33.2 Å². The van der Waals surface area contributed by atoms with Crippen LogP contribution in [-0.2, 0) is 11.3 Å². The molecular formula is C10H10F3N5O4. The van der Waals surface area contributed by atoms with Gasteiger partial charge in [0, 0.05) is 19.1 Å². The Kier molecular flexibility index (Phi) is 3.87. The van der Waals surface area contributed by atoms with Gasteiger partial charge in [0.05, 0.1) is 11.5 Å². The minimum atomic E-state index is -5.05. The van der Waals surface area contributed by atoms with E-state index in [-0.39, 0.29) is 17.2 Å². The Hall–Kier alpha value is -2.50. The first-order valence-corrected chi connectivity index (χ1v) is 5.96. The summed E-state index contributed by atoms with van der Waals surface area (Å²) in [6, 6.07) is 0. The summed E-state index contributed by atoms with van der Waals surface area (Å²) in [5.74, 6) is -1.08. The molecule has 0 spiro atoms. The lowest BCUT2D eigenvalue weighted by Crippen LogP contribution is -2.56. The molecule has 0 aromatic carbocycles. The quantitative estimate of drug-likeness (QED) is 0.646. The monoisotopic (exact) mass is 321 g/mol. The summed E-state index contributed by atoms with van der Waals surface area (Å²) in [5, 5.41) is 26.9. The second-order valence-electron chi connectivity index (χ2n) is 4.49. The molecule has 1 aromatic heterocycles. The largest absolute Gasteiger partial charge is 0.438 e. The van der Waals surface area contributed by atoms with Crippen molar-refractivity contribution in [3.63, 3.8) is 0 Å². The fraction of sp³-hybridized carbons (Fsp3) is 0.500. The van der Waals surface area contributed by atoms with Crippen molar-refractivity contribution >= 4 is 17.8 Å². The van der Waals surface area contributed by atoms with Gasteiger partial charge < -0.3 is 5.11 Å². The molecule has 0 saturated heterocycles. The van der Waals surface area contributed by atoms with E-state index in [1.54, 1.807) is 0 Å². The number of halogens is 3. The second kappa shape index (κ2) is 5.36. The number of nitrogens with zero attached hydrogens (tertiary/aromatic N) is 5. The van der Waals surface area contributed by atoms with Crippen LogP contribution in [0.1, 0.15) is 12.8 Å². The Bertz CT molecular complexity index is 628. The van der Waals surface area contributed by atoms with Gasteiger partial charge in [0.1, 0.15) is 12.4 Å². The fourth-order valence-corrected chi connectivity index (χ4v) is 1.82. The van der Waals surface area contributed by atoms with E-state index in [0.717, 1.165) is 23.3 Å². The van der Waals surface area contributed by atoms with Gasteiger partial charge in [0.15, 0.2) is 0 Å². The molecule has 2 rings (SSSR count). The minimum Gasteiger partial charge on any atom is -0.362 e. The van der Waals surface area contributed by atoms with Gasteiger partial charge in [0.25, 0.3) is 5.72 Å². The van der Waals surface area contributed by atoms with E-state index in [1.165, 1.54) is 0 Å². The van der Waals surface area contributed by atoms with Crippen LogP contribution in [0.5, 0.6) is 0 Å². The van der Waals surface area contributed by atoms with Crippen LogP contribution in [0.2, 0.25) is 0 Å². The molecule has 9 nitrogen and oxygen atoms in total. The first kappa shape index (κ1) is 15.9. The molecule has 1 aromatic rings. The number of aliphatic hydroxyl groups is 1. The molecular weight excluding hydrogens is 311 g/mol. The number of aromatic nitrogens is 2. The van der Waals surface area contributed by atoms with Crippen molar-refractivity contribution < 1.29 is 28.0 Å². The van der Waals surface area contributed by atoms with Gasteiger partial charge in [-0.15, -0.1) is 0 Å². The van der Waals surface area contributed by atoms with Crippen LogP contribution in [-0.4, -0.2) is 48.8 Å². The van der Waals surface area contributed by atoms with Crippen molar-refractivity contribution in [1.82, 2.24) is 14.8 Å². The average Bonchev–Trinajstić information content (AvgIpc) is 3.02. The van der Waals surface area contributed by atoms with Crippen molar-refractivity contribution in [1.29, 1.82) is 0 Å². The van der Waals surface area contributed by atoms with Gasteiger partial charge in [-0.05, 0) is 0 Å². The molecule has 1 aliphatic rings. The summed E-state index contributed by atoms with van der Waals surface area (Å²) in [6.45, 7) is -0.188. The van der Waals surface area contributed by atoms with Crippen LogP contribution < -0.4 is 0 Å². The molecule has 1 atom stereocenters. The van der Waals surface area contributed by atoms with Gasteiger partial charge >= 0.3 is 11.9 Å². The number of amides is 1. The number of hydrogen-bond acceptors (Lipinski definition) is 6. The highest BCUT2D eigenvalue weighted by molar-refractivity contribution is 5.80. The lowest BCUT2D eigenvalue weighted by atomic mass is 10.1. The predicted octanol–water partition coefficient (Wildman–Crippen LogP) is 0.650. The summed E-state index contributed by atoms with van der Waals surface area (Å²) in [7, 11) is 0. The van der Waals surface area contributed by atoms with Gasteiger partial charge in [-0.1, -0.05) is 0 Å². The SMILES string of the molecule is O=C(CCn1cc([N+](=O)[O-])cn1)N1N=CCC1(O)C(F)(F)F. The van der Waals surface area contributed by atoms with Crippen LogP contribution in [0.3, 0.4) is 0 Å². The predicted molar refractivity (Wildman–Crippen MR) is 64.5 cm³/mol. The number of hydrazone groups is 1. The smallest absolute Gasteiger partial charge is 0.362 e. The number of carbonyl (C=O) groups is 1. The molecule has 0 fully saturated rings. The van der Waals surface area contributed by atoms with Gasteiger partial charge in [-0.2, -0.15) is 28.4 Å². The summed E-state index contributed by atoms with van der Waals surface area (Å²) in [6.07, 6.45) is -3.58. The van der Waals surface area contributed by atoms with Crippen molar-refractivity contribution in [2.24, 2.45) is 5.10 Å². The van der Waals surface area contributed by atoms with E-state index >= 15 is 0 Å². The summed E-state index contributed by atoms with van der Waals surface area (Å²) < 4.78 is 39.4. The number of rotatable bonds is 4. The number of carbonyl (C=O) groups excluding carboxylic acids is 1. The maximum absolute atomic E-state index is 12.8. The van der Waals surface area contributed by atoms with Crippen LogP contribution in [0.4, 0.5) is 18.9 Å². The summed E-state index contributed by atoms with van der Waals surface area (Å²) >= 11 is 0. The van der Waals surface area contributed by atoms with E-state index < -0.39 is 35.6 Å². The fourth-order valence-electron chi connectivity index (χ4n) is 1.82. The first-order chi connectivity index (χ1) is 10.1. The van der Waals surface area contributed by atoms with Crippen LogP contribution in [0.25, 0.3) is 0 Å².